The Labute approximate surface area is 202 Å². The van der Waals surface area contributed by atoms with E-state index >= 15 is 0 Å². The molecule has 4 rings (SSSR count). The van der Waals surface area contributed by atoms with Crippen molar-refractivity contribution < 1.29 is 6.53 Å². The van der Waals surface area contributed by atoms with Crippen LogP contribution in [0.4, 0.5) is 0 Å². The highest BCUT2D eigenvalue weighted by Crippen LogP contribution is 2.66. The summed E-state index contributed by atoms with van der Waals surface area (Å²) in [5.41, 5.74) is 3.12. The molecule has 0 radical (unpaired) electrons. The minimum Gasteiger partial charge on any atom is -0.393 e. The molecule has 0 heterocycles. The predicted octanol–water partition coefficient (Wildman–Crippen LogP) is 9.44. The van der Waals surface area contributed by atoms with Gasteiger partial charge in [0.15, 0.2) is 0 Å². The molecular formula is C31H58O. The minimum absolute atomic E-state index is 0. The van der Waals surface area contributed by atoms with E-state index in [1.807, 2.05) is 0 Å². The standard InChI is InChI=1S/C27H46O.C4H10.H2/c1-25(2,3)15-7-6-8-19-10-12-23-22-11-9-20-18-21(28)13-16-27(20,5)24(22)14-17-26(19,23)4;1-4(2)3;/h9,19,21-24,28H,6-8,10-18H2,1-5H3;4H,1-3H3;1H. The first-order valence-electron chi connectivity index (χ1n) is 14.2. The molecular weight excluding hydrogens is 388 g/mol. The van der Waals surface area contributed by atoms with Gasteiger partial charge in [-0.05, 0) is 110 Å². The Hall–Kier alpha value is -0.300. The Kier molecular flexibility index (Phi) is 8.33. The molecule has 4 aliphatic carbocycles. The van der Waals surface area contributed by atoms with Crippen LogP contribution in [-0.4, -0.2) is 11.2 Å². The van der Waals surface area contributed by atoms with E-state index in [9.17, 15) is 5.11 Å². The van der Waals surface area contributed by atoms with Gasteiger partial charge in [-0.3, -0.25) is 0 Å². The second kappa shape index (κ2) is 10.1. The summed E-state index contributed by atoms with van der Waals surface area (Å²) in [5.74, 6) is 4.57. The Morgan fingerprint density at radius 2 is 1.69 bits per heavy atom. The second-order valence-electron chi connectivity index (χ2n) is 14.5. The summed E-state index contributed by atoms with van der Waals surface area (Å²) >= 11 is 0. The Morgan fingerprint density at radius 3 is 2.34 bits per heavy atom. The van der Waals surface area contributed by atoms with Gasteiger partial charge in [-0.1, -0.05) is 79.9 Å². The largest absolute Gasteiger partial charge is 0.393 e. The zero-order chi connectivity index (χ0) is 23.7. The molecule has 7 unspecified atom stereocenters. The van der Waals surface area contributed by atoms with E-state index in [1.54, 1.807) is 5.57 Å². The van der Waals surface area contributed by atoms with Gasteiger partial charge in [-0.2, -0.15) is 0 Å². The third-order valence-corrected chi connectivity index (χ3v) is 10.0. The molecule has 188 valence electrons. The van der Waals surface area contributed by atoms with E-state index in [1.165, 1.54) is 64.2 Å². The highest BCUT2D eigenvalue weighted by molar-refractivity contribution is 5.25. The molecule has 0 aromatic rings. The number of hydrogen-bond donors (Lipinski definition) is 1. The van der Waals surface area contributed by atoms with E-state index in [0.29, 0.717) is 16.2 Å². The van der Waals surface area contributed by atoms with Gasteiger partial charge in [-0.25, -0.2) is 0 Å². The molecule has 0 aliphatic heterocycles. The first kappa shape index (κ1) is 26.3. The summed E-state index contributed by atoms with van der Waals surface area (Å²) in [7, 11) is 0. The Balaban J connectivity index is 0.000000714. The fourth-order valence-electron chi connectivity index (χ4n) is 8.27. The van der Waals surface area contributed by atoms with Crippen molar-refractivity contribution in [2.24, 2.45) is 45.8 Å². The number of unbranched alkanes of at least 4 members (excludes halogenated alkanes) is 1. The van der Waals surface area contributed by atoms with Gasteiger partial charge >= 0.3 is 0 Å². The Morgan fingerprint density at radius 1 is 1.00 bits per heavy atom. The molecule has 0 bridgehead atoms. The maximum atomic E-state index is 10.2. The lowest BCUT2D eigenvalue weighted by Gasteiger charge is -2.58. The maximum absolute atomic E-state index is 10.2. The van der Waals surface area contributed by atoms with Crippen molar-refractivity contribution in [1.29, 1.82) is 0 Å². The summed E-state index contributed by atoms with van der Waals surface area (Å²) in [6, 6.07) is 0. The van der Waals surface area contributed by atoms with Crippen LogP contribution in [0.2, 0.25) is 0 Å². The smallest absolute Gasteiger partial charge is 0.0577 e. The minimum atomic E-state index is -0.0753. The van der Waals surface area contributed by atoms with Crippen LogP contribution in [0.15, 0.2) is 11.6 Å². The molecule has 1 N–H and O–H groups in total. The molecule has 0 spiro atoms. The average Bonchev–Trinajstić information content (AvgIpc) is 3.01. The van der Waals surface area contributed by atoms with Crippen molar-refractivity contribution in [3.63, 3.8) is 0 Å². The SMILES string of the molecule is CC(C)(C)CCCCC1CCC2C3CC=C4CC(O)CCC4(C)C3CCC12C.CC(C)C.[HH]. The number of hydrogen-bond acceptors (Lipinski definition) is 1. The fourth-order valence-corrected chi connectivity index (χ4v) is 8.27. The molecule has 7 atom stereocenters. The average molecular weight is 447 g/mol. The van der Waals surface area contributed by atoms with Crippen LogP contribution in [-0.2, 0) is 0 Å². The third kappa shape index (κ3) is 5.67. The van der Waals surface area contributed by atoms with Crippen molar-refractivity contribution in [3.05, 3.63) is 11.6 Å². The first-order valence-corrected chi connectivity index (χ1v) is 14.2. The lowest BCUT2D eigenvalue weighted by atomic mass is 9.47. The number of rotatable bonds is 4. The first-order chi connectivity index (χ1) is 14.9. The summed E-state index contributed by atoms with van der Waals surface area (Å²) in [5, 5.41) is 10.2. The van der Waals surface area contributed by atoms with Crippen molar-refractivity contribution in [1.82, 2.24) is 0 Å². The van der Waals surface area contributed by atoms with Crippen LogP contribution in [0.5, 0.6) is 0 Å². The summed E-state index contributed by atoms with van der Waals surface area (Å²) in [4.78, 5) is 0. The van der Waals surface area contributed by atoms with E-state index < -0.39 is 0 Å². The topological polar surface area (TPSA) is 20.2 Å². The highest BCUT2D eigenvalue weighted by Gasteiger charge is 2.58. The van der Waals surface area contributed by atoms with Crippen LogP contribution in [0.25, 0.3) is 0 Å². The number of fused-ring (bicyclic) bond motifs is 5. The molecule has 1 nitrogen and oxygen atoms in total. The van der Waals surface area contributed by atoms with Crippen molar-refractivity contribution >= 4 is 0 Å². The molecule has 0 aromatic carbocycles. The normalized spacial score (nSPS) is 41.2. The zero-order valence-electron chi connectivity index (χ0n) is 23.0. The van der Waals surface area contributed by atoms with Crippen LogP contribution in [0.3, 0.4) is 0 Å². The van der Waals surface area contributed by atoms with Gasteiger partial charge < -0.3 is 5.11 Å². The van der Waals surface area contributed by atoms with E-state index in [-0.39, 0.29) is 7.53 Å². The fraction of sp³-hybridized carbons (Fsp3) is 0.935. The molecule has 3 fully saturated rings. The van der Waals surface area contributed by atoms with Crippen LogP contribution >= 0.6 is 0 Å². The summed E-state index contributed by atoms with van der Waals surface area (Å²) < 4.78 is 0. The summed E-state index contributed by atoms with van der Waals surface area (Å²) in [6.45, 7) is 18.9. The zero-order valence-corrected chi connectivity index (χ0v) is 23.0. The van der Waals surface area contributed by atoms with Gasteiger partial charge in [0, 0.05) is 1.43 Å². The number of aliphatic hydroxyl groups is 1. The monoisotopic (exact) mass is 446 g/mol. The van der Waals surface area contributed by atoms with Gasteiger partial charge in [0.2, 0.25) is 0 Å². The molecule has 4 aliphatic rings. The lowest BCUT2D eigenvalue weighted by molar-refractivity contribution is -0.0509. The van der Waals surface area contributed by atoms with E-state index in [2.05, 4.69) is 61.5 Å². The van der Waals surface area contributed by atoms with E-state index in [0.717, 1.165) is 42.4 Å². The molecule has 1 heteroatoms. The second-order valence-corrected chi connectivity index (χ2v) is 14.5. The van der Waals surface area contributed by atoms with E-state index in [4.69, 9.17) is 0 Å². The number of allylic oxidation sites excluding steroid dienone is 1. The molecule has 0 saturated heterocycles. The molecule has 32 heavy (non-hydrogen) atoms. The van der Waals surface area contributed by atoms with Crippen LogP contribution < -0.4 is 0 Å². The van der Waals surface area contributed by atoms with Crippen LogP contribution in [0, 0.1) is 45.8 Å². The van der Waals surface area contributed by atoms with Gasteiger partial charge in [-0.15, -0.1) is 0 Å². The maximum Gasteiger partial charge on any atom is 0.0577 e. The Bertz CT molecular complexity index is 643. The third-order valence-electron chi connectivity index (χ3n) is 10.0. The summed E-state index contributed by atoms with van der Waals surface area (Å²) in [6.07, 6.45) is 18.6. The van der Waals surface area contributed by atoms with Crippen LogP contribution in [0.1, 0.15) is 134 Å². The van der Waals surface area contributed by atoms with Gasteiger partial charge in [0.25, 0.3) is 0 Å². The number of aliphatic hydroxyl groups excluding tert-OH is 1. The lowest BCUT2D eigenvalue weighted by Crippen LogP contribution is -2.50. The van der Waals surface area contributed by atoms with Crippen molar-refractivity contribution in [2.75, 3.05) is 0 Å². The molecule has 0 aromatic heterocycles. The van der Waals surface area contributed by atoms with Crippen molar-refractivity contribution in [3.8, 4) is 0 Å². The molecule has 0 amide bonds. The van der Waals surface area contributed by atoms with Gasteiger partial charge in [0.05, 0.1) is 6.10 Å². The van der Waals surface area contributed by atoms with Gasteiger partial charge in [0.1, 0.15) is 0 Å². The quantitative estimate of drug-likeness (QED) is 0.337. The highest BCUT2D eigenvalue weighted by atomic mass is 16.3. The van der Waals surface area contributed by atoms with Crippen molar-refractivity contribution in [2.45, 2.75) is 139 Å². The molecule has 3 saturated carbocycles. The predicted molar refractivity (Wildman–Crippen MR) is 142 cm³/mol.